The van der Waals surface area contributed by atoms with Crippen LogP contribution in [0.25, 0.3) is 20.9 Å². The van der Waals surface area contributed by atoms with E-state index in [4.69, 9.17) is 20.5 Å². The minimum absolute atomic E-state index is 0.174. The summed E-state index contributed by atoms with van der Waals surface area (Å²) in [5.41, 5.74) is 19.2. The van der Waals surface area contributed by atoms with E-state index >= 15 is 0 Å². The highest BCUT2D eigenvalue weighted by Crippen LogP contribution is 2.28. The maximum atomic E-state index is 8.91. The van der Waals surface area contributed by atoms with Gasteiger partial charge in [-0.2, -0.15) is 0 Å². The van der Waals surface area contributed by atoms with Gasteiger partial charge in [0, 0.05) is 15.2 Å². The highest BCUT2D eigenvalue weighted by atomic mass is 16.7. The van der Waals surface area contributed by atoms with Gasteiger partial charge in [-0.05, 0) is 22.2 Å². The van der Waals surface area contributed by atoms with Crippen molar-refractivity contribution < 1.29 is 9.47 Å². The van der Waals surface area contributed by atoms with E-state index in [2.05, 4.69) is 20.1 Å². The molecule has 0 heterocycles. The first-order valence-corrected chi connectivity index (χ1v) is 9.37. The molecule has 2 aromatic carbocycles. The van der Waals surface area contributed by atoms with Crippen molar-refractivity contribution >= 4 is 0 Å². The van der Waals surface area contributed by atoms with Gasteiger partial charge >= 0.3 is 0 Å². The summed E-state index contributed by atoms with van der Waals surface area (Å²) in [5.74, 6) is 0. The van der Waals surface area contributed by atoms with Gasteiger partial charge in [0.1, 0.15) is 0 Å². The van der Waals surface area contributed by atoms with Gasteiger partial charge in [0.25, 0.3) is 0 Å². The summed E-state index contributed by atoms with van der Waals surface area (Å²) in [7, 11) is 0. The minimum Gasteiger partial charge on any atom is -0.351 e. The fraction of sp³-hybridized carbons (Fsp3) is 0.429. The number of hydrogen-bond donors (Lipinski definition) is 0. The van der Waals surface area contributed by atoms with Gasteiger partial charge < -0.3 is 9.47 Å². The zero-order valence-electron chi connectivity index (χ0n) is 16.9. The minimum atomic E-state index is -0.581. The Morgan fingerprint density at radius 2 is 1.14 bits per heavy atom. The van der Waals surface area contributed by atoms with Crippen LogP contribution in [0.1, 0.15) is 44.0 Å². The predicted octanol–water partition coefficient (Wildman–Crippen LogP) is 6.50. The lowest BCUT2D eigenvalue weighted by molar-refractivity contribution is -0.198. The number of nitrogens with zero attached hydrogens (tertiary/aromatic N) is 6. The van der Waals surface area contributed by atoms with Crippen molar-refractivity contribution in [2.75, 3.05) is 13.2 Å². The van der Waals surface area contributed by atoms with Crippen molar-refractivity contribution in [1.82, 2.24) is 0 Å². The lowest BCUT2D eigenvalue weighted by atomic mass is 9.95. The van der Waals surface area contributed by atoms with Gasteiger partial charge in [0.2, 0.25) is 0 Å². The summed E-state index contributed by atoms with van der Waals surface area (Å²) in [6, 6.07) is 18.0. The SMILES string of the molecule is CC(C)(C)C(OCC(N=[N+]=[N-])c1ccccc1)OCC(N=[N+]=[N-])c1ccccc1. The first kappa shape index (κ1) is 22.3. The van der Waals surface area contributed by atoms with Crippen molar-refractivity contribution in [3.63, 3.8) is 0 Å². The summed E-state index contributed by atoms with van der Waals surface area (Å²) < 4.78 is 12.0. The van der Waals surface area contributed by atoms with E-state index in [1.165, 1.54) is 0 Å². The molecule has 0 aliphatic rings. The molecule has 8 nitrogen and oxygen atoms in total. The Morgan fingerprint density at radius 1 is 0.759 bits per heavy atom. The van der Waals surface area contributed by atoms with Crippen molar-refractivity contribution in [3.8, 4) is 0 Å². The van der Waals surface area contributed by atoms with Crippen LogP contribution in [0.15, 0.2) is 70.9 Å². The topological polar surface area (TPSA) is 116 Å². The lowest BCUT2D eigenvalue weighted by Gasteiger charge is -2.32. The van der Waals surface area contributed by atoms with E-state index < -0.39 is 18.4 Å². The molecule has 0 amide bonds. The van der Waals surface area contributed by atoms with Crippen LogP contribution in [0, 0.1) is 5.41 Å². The molecule has 8 heteroatoms. The number of hydrogen-bond acceptors (Lipinski definition) is 4. The van der Waals surface area contributed by atoms with Gasteiger partial charge in [0.15, 0.2) is 6.29 Å². The van der Waals surface area contributed by atoms with Crippen molar-refractivity contribution in [3.05, 3.63) is 92.7 Å². The van der Waals surface area contributed by atoms with Crippen LogP contribution in [-0.4, -0.2) is 19.5 Å². The number of azide groups is 2. The van der Waals surface area contributed by atoms with Crippen molar-refractivity contribution in [1.29, 1.82) is 0 Å². The molecule has 2 atom stereocenters. The largest absolute Gasteiger partial charge is 0.351 e. The molecule has 29 heavy (non-hydrogen) atoms. The summed E-state index contributed by atoms with van der Waals surface area (Å²) in [5, 5.41) is 7.71. The second-order valence-electron chi connectivity index (χ2n) is 7.63. The fourth-order valence-corrected chi connectivity index (χ4v) is 2.77. The van der Waals surface area contributed by atoms with Crippen molar-refractivity contribution in [2.24, 2.45) is 15.6 Å². The fourth-order valence-electron chi connectivity index (χ4n) is 2.77. The second-order valence-corrected chi connectivity index (χ2v) is 7.63. The molecular formula is C21H26N6O2. The number of rotatable bonds is 10. The van der Waals surface area contributed by atoms with Crippen LogP contribution in [0.5, 0.6) is 0 Å². The first-order chi connectivity index (χ1) is 14.0. The maximum absolute atomic E-state index is 8.91. The maximum Gasteiger partial charge on any atom is 0.162 e. The average molecular weight is 394 g/mol. The van der Waals surface area contributed by atoms with Crippen LogP contribution in [0.4, 0.5) is 0 Å². The van der Waals surface area contributed by atoms with Gasteiger partial charge in [0.05, 0.1) is 25.3 Å². The van der Waals surface area contributed by atoms with E-state index in [9.17, 15) is 0 Å². The highest BCUT2D eigenvalue weighted by molar-refractivity contribution is 5.20. The van der Waals surface area contributed by atoms with E-state index in [-0.39, 0.29) is 18.6 Å². The zero-order valence-corrected chi connectivity index (χ0v) is 16.9. The monoisotopic (exact) mass is 394 g/mol. The Bertz CT molecular complexity index is 775. The second kappa shape index (κ2) is 11.1. The standard InChI is InChI=1S/C21H26N6O2/c1-21(2,3)20(28-14-18(24-26-22)16-10-6-4-7-11-16)29-15-19(25-27-23)17-12-8-5-9-13-17/h4-13,18-20H,14-15H2,1-3H3. The third kappa shape index (κ3) is 7.14. The Kier molecular flexibility index (Phi) is 8.52. The van der Waals surface area contributed by atoms with Crippen LogP contribution in [0.2, 0.25) is 0 Å². The molecule has 0 saturated carbocycles. The predicted molar refractivity (Wildman–Crippen MR) is 112 cm³/mol. The summed E-state index contributed by atoms with van der Waals surface area (Å²) in [6.07, 6.45) is -0.581. The molecule has 2 unspecified atom stereocenters. The summed E-state index contributed by atoms with van der Waals surface area (Å²) >= 11 is 0. The first-order valence-electron chi connectivity index (χ1n) is 9.37. The molecule has 2 rings (SSSR count). The van der Waals surface area contributed by atoms with Crippen molar-refractivity contribution in [2.45, 2.75) is 39.1 Å². The zero-order chi connectivity index (χ0) is 21.1. The molecule has 0 bridgehead atoms. The van der Waals surface area contributed by atoms with Crippen LogP contribution in [0.3, 0.4) is 0 Å². The average Bonchev–Trinajstić information content (AvgIpc) is 2.72. The van der Waals surface area contributed by atoms with Gasteiger partial charge in [-0.25, -0.2) is 0 Å². The van der Waals surface area contributed by atoms with E-state index in [1.807, 2.05) is 81.4 Å². The smallest absolute Gasteiger partial charge is 0.162 e. The Labute approximate surface area is 170 Å². The molecule has 0 saturated heterocycles. The molecule has 0 aliphatic heterocycles. The summed E-state index contributed by atoms with van der Waals surface area (Å²) in [6.45, 7) is 6.33. The van der Waals surface area contributed by atoms with Crippen LogP contribution in [-0.2, 0) is 9.47 Å². The number of ether oxygens (including phenoxy) is 2. The van der Waals surface area contributed by atoms with E-state index in [0.29, 0.717) is 0 Å². The molecule has 2 aromatic rings. The molecule has 0 aromatic heterocycles. The molecule has 0 spiro atoms. The quantitative estimate of drug-likeness (QED) is 0.198. The molecular weight excluding hydrogens is 368 g/mol. The lowest BCUT2D eigenvalue weighted by Crippen LogP contribution is -2.34. The Morgan fingerprint density at radius 3 is 1.45 bits per heavy atom. The molecule has 0 fully saturated rings. The van der Waals surface area contributed by atoms with Crippen LogP contribution < -0.4 is 0 Å². The number of benzene rings is 2. The van der Waals surface area contributed by atoms with Crippen LogP contribution >= 0.6 is 0 Å². The molecule has 152 valence electrons. The molecule has 0 radical (unpaired) electrons. The van der Waals surface area contributed by atoms with E-state index in [0.717, 1.165) is 11.1 Å². The third-order valence-corrected chi connectivity index (χ3v) is 4.27. The van der Waals surface area contributed by atoms with Gasteiger partial charge in [-0.15, -0.1) is 0 Å². The Hall–Kier alpha value is -3.02. The highest BCUT2D eigenvalue weighted by Gasteiger charge is 2.28. The van der Waals surface area contributed by atoms with Gasteiger partial charge in [-0.1, -0.05) is 91.7 Å². The Balaban J connectivity index is 2.09. The van der Waals surface area contributed by atoms with E-state index in [1.54, 1.807) is 0 Å². The summed E-state index contributed by atoms with van der Waals surface area (Å²) in [4.78, 5) is 5.88. The normalized spacial score (nSPS) is 14.2. The van der Waals surface area contributed by atoms with Gasteiger partial charge in [-0.3, -0.25) is 0 Å². The molecule has 0 aliphatic carbocycles. The third-order valence-electron chi connectivity index (χ3n) is 4.27. The molecule has 0 N–H and O–H groups in total.